The van der Waals surface area contributed by atoms with Crippen LogP contribution in [0.5, 0.6) is 0 Å². The minimum atomic E-state index is 0.634. The van der Waals surface area contributed by atoms with Crippen molar-refractivity contribution in [2.45, 2.75) is 18.7 Å². The third kappa shape index (κ3) is 3.70. The highest BCUT2D eigenvalue weighted by atomic mass is 32.2. The molecular weight excluding hydrogens is 230 g/mol. The van der Waals surface area contributed by atoms with Gasteiger partial charge in [-0.05, 0) is 0 Å². The smallest absolute Gasteiger partial charge is 0.223 e. The first-order valence-corrected chi connectivity index (χ1v) is 7.24. The Kier molecular flexibility index (Phi) is 4.34. The molecule has 1 aliphatic heterocycles. The summed E-state index contributed by atoms with van der Waals surface area (Å²) in [6.45, 7) is 3.55. The largest absolute Gasteiger partial charge is 0.340 e. The topological polar surface area (TPSA) is 51.0 Å². The van der Waals surface area contributed by atoms with Gasteiger partial charge in [-0.3, -0.25) is 0 Å². The number of thioether (sulfide) groups is 2. The predicted octanol–water partition coefficient (Wildman–Crippen LogP) is 1.32. The van der Waals surface area contributed by atoms with Crippen molar-refractivity contribution >= 4 is 23.5 Å². The first-order chi connectivity index (χ1) is 7.34. The fraction of sp³-hybridized carbons (Fsp3) is 0.778. The molecule has 4 nitrogen and oxygen atoms in total. The van der Waals surface area contributed by atoms with Crippen LogP contribution < -0.4 is 5.32 Å². The van der Waals surface area contributed by atoms with Gasteiger partial charge in [0.15, 0.2) is 5.82 Å². The van der Waals surface area contributed by atoms with Crippen molar-refractivity contribution in [2.75, 3.05) is 23.8 Å². The highest BCUT2D eigenvalue weighted by Gasteiger charge is 2.13. The normalized spacial score (nSPS) is 21.8. The first kappa shape index (κ1) is 11.3. The minimum absolute atomic E-state index is 0.634. The summed E-state index contributed by atoms with van der Waals surface area (Å²) in [5, 5.41) is 7.94. The van der Waals surface area contributed by atoms with Crippen LogP contribution in [0.4, 0.5) is 0 Å². The zero-order valence-electron chi connectivity index (χ0n) is 8.73. The maximum atomic E-state index is 4.90. The molecule has 0 aliphatic carbocycles. The van der Waals surface area contributed by atoms with E-state index in [9.17, 15) is 0 Å². The summed E-state index contributed by atoms with van der Waals surface area (Å²) in [7, 11) is 0. The second kappa shape index (κ2) is 5.77. The van der Waals surface area contributed by atoms with E-state index in [2.05, 4.69) is 27.2 Å². The molecule has 15 heavy (non-hydrogen) atoms. The molecule has 6 heteroatoms. The summed E-state index contributed by atoms with van der Waals surface area (Å²) in [4.78, 5) is 4.14. The summed E-state index contributed by atoms with van der Waals surface area (Å²) in [6.07, 6.45) is 0. The Morgan fingerprint density at radius 3 is 3.13 bits per heavy atom. The molecule has 0 amide bonds. The monoisotopic (exact) mass is 245 g/mol. The highest BCUT2D eigenvalue weighted by molar-refractivity contribution is 8.06. The van der Waals surface area contributed by atoms with Crippen LogP contribution in [0.3, 0.4) is 0 Å². The molecule has 0 radical (unpaired) electrons. The molecule has 1 aromatic rings. The number of nitrogens with zero attached hydrogens (tertiary/aromatic N) is 2. The lowest BCUT2D eigenvalue weighted by atomic mass is 10.4. The maximum absolute atomic E-state index is 4.90. The van der Waals surface area contributed by atoms with Gasteiger partial charge in [-0.2, -0.15) is 28.5 Å². The quantitative estimate of drug-likeness (QED) is 0.863. The molecule has 1 fully saturated rings. The van der Waals surface area contributed by atoms with Crippen LogP contribution in [0.15, 0.2) is 4.52 Å². The molecule has 1 aromatic heterocycles. The average molecular weight is 245 g/mol. The molecule has 2 rings (SSSR count). The van der Waals surface area contributed by atoms with Crippen molar-refractivity contribution in [1.29, 1.82) is 0 Å². The van der Waals surface area contributed by atoms with Gasteiger partial charge in [-0.15, -0.1) is 0 Å². The molecule has 1 atom stereocenters. The van der Waals surface area contributed by atoms with Gasteiger partial charge in [0, 0.05) is 36.0 Å². The molecule has 1 aliphatic rings. The molecular formula is C9H15N3OS2. The van der Waals surface area contributed by atoms with E-state index in [4.69, 9.17) is 4.52 Å². The lowest BCUT2D eigenvalue weighted by molar-refractivity contribution is 0.385. The number of hydrogen-bond donors (Lipinski definition) is 1. The molecule has 0 saturated carbocycles. The van der Waals surface area contributed by atoms with Crippen molar-refractivity contribution in [2.24, 2.45) is 0 Å². The van der Waals surface area contributed by atoms with Crippen molar-refractivity contribution in [3.05, 3.63) is 11.7 Å². The fourth-order valence-electron chi connectivity index (χ4n) is 1.41. The lowest BCUT2D eigenvalue weighted by Crippen LogP contribution is -2.28. The molecule has 1 N–H and O–H groups in total. The van der Waals surface area contributed by atoms with E-state index < -0.39 is 0 Å². The Balaban J connectivity index is 1.65. The second-order valence-electron chi connectivity index (χ2n) is 3.43. The van der Waals surface area contributed by atoms with Crippen LogP contribution in [0.2, 0.25) is 0 Å². The second-order valence-corrected chi connectivity index (χ2v) is 5.99. The number of rotatable bonds is 4. The Hall–Kier alpha value is -0.200. The van der Waals surface area contributed by atoms with Gasteiger partial charge < -0.3 is 9.84 Å². The standard InChI is InChI=1S/C9H15N3OS2/c1-7-11-9(12-13-7)5-10-4-8-6-14-2-3-15-8/h8,10H,2-6H2,1H3. The van der Waals surface area contributed by atoms with Crippen LogP contribution >= 0.6 is 23.5 Å². The van der Waals surface area contributed by atoms with E-state index in [-0.39, 0.29) is 0 Å². The van der Waals surface area contributed by atoms with E-state index in [0.717, 1.165) is 17.6 Å². The molecule has 1 unspecified atom stereocenters. The third-order valence-corrected chi connectivity index (χ3v) is 4.95. The van der Waals surface area contributed by atoms with Crippen molar-refractivity contribution in [1.82, 2.24) is 15.5 Å². The van der Waals surface area contributed by atoms with E-state index in [1.165, 1.54) is 17.3 Å². The Morgan fingerprint density at radius 1 is 1.53 bits per heavy atom. The Morgan fingerprint density at radius 2 is 2.47 bits per heavy atom. The van der Waals surface area contributed by atoms with Gasteiger partial charge in [-0.25, -0.2) is 0 Å². The number of nitrogens with one attached hydrogen (secondary N) is 1. The number of aromatic nitrogens is 2. The van der Waals surface area contributed by atoms with Gasteiger partial charge in [0.25, 0.3) is 0 Å². The lowest BCUT2D eigenvalue weighted by Gasteiger charge is -2.20. The number of aryl methyl sites for hydroxylation is 1. The van der Waals surface area contributed by atoms with Crippen LogP contribution in [-0.4, -0.2) is 39.2 Å². The van der Waals surface area contributed by atoms with Crippen LogP contribution in [0, 0.1) is 6.92 Å². The predicted molar refractivity (Wildman–Crippen MR) is 64.3 cm³/mol. The van der Waals surface area contributed by atoms with Crippen LogP contribution in [0.1, 0.15) is 11.7 Å². The van der Waals surface area contributed by atoms with Gasteiger partial charge in [0.05, 0.1) is 6.54 Å². The average Bonchev–Trinajstić information content (AvgIpc) is 2.66. The molecule has 0 spiro atoms. The molecule has 0 aromatic carbocycles. The molecule has 2 heterocycles. The molecule has 1 saturated heterocycles. The van der Waals surface area contributed by atoms with Crippen molar-refractivity contribution < 1.29 is 4.52 Å². The van der Waals surface area contributed by atoms with E-state index in [1.807, 2.05) is 18.7 Å². The van der Waals surface area contributed by atoms with Crippen molar-refractivity contribution in [3.63, 3.8) is 0 Å². The summed E-state index contributed by atoms with van der Waals surface area (Å²) in [5.74, 6) is 5.21. The fourth-order valence-corrected chi connectivity index (χ4v) is 4.06. The van der Waals surface area contributed by atoms with Gasteiger partial charge in [0.2, 0.25) is 5.89 Å². The summed E-state index contributed by atoms with van der Waals surface area (Å²) < 4.78 is 4.90. The van der Waals surface area contributed by atoms with E-state index in [1.54, 1.807) is 0 Å². The van der Waals surface area contributed by atoms with Gasteiger partial charge in [0.1, 0.15) is 0 Å². The van der Waals surface area contributed by atoms with E-state index in [0.29, 0.717) is 12.4 Å². The van der Waals surface area contributed by atoms with Gasteiger partial charge >= 0.3 is 0 Å². The summed E-state index contributed by atoms with van der Waals surface area (Å²) in [6, 6.07) is 0. The Labute approximate surface area is 98.0 Å². The molecule has 84 valence electrons. The zero-order chi connectivity index (χ0) is 10.5. The van der Waals surface area contributed by atoms with Crippen LogP contribution in [-0.2, 0) is 6.54 Å². The Bertz CT molecular complexity index is 299. The SMILES string of the molecule is Cc1nc(CNCC2CSCCS2)no1. The summed E-state index contributed by atoms with van der Waals surface area (Å²) >= 11 is 4.10. The summed E-state index contributed by atoms with van der Waals surface area (Å²) in [5.41, 5.74) is 0. The highest BCUT2D eigenvalue weighted by Crippen LogP contribution is 2.23. The maximum Gasteiger partial charge on any atom is 0.223 e. The van der Waals surface area contributed by atoms with E-state index >= 15 is 0 Å². The zero-order valence-corrected chi connectivity index (χ0v) is 10.4. The third-order valence-electron chi connectivity index (χ3n) is 2.11. The molecule has 0 bridgehead atoms. The minimum Gasteiger partial charge on any atom is -0.340 e. The van der Waals surface area contributed by atoms with Crippen molar-refractivity contribution in [3.8, 4) is 0 Å². The van der Waals surface area contributed by atoms with Crippen LogP contribution in [0.25, 0.3) is 0 Å². The number of hydrogen-bond acceptors (Lipinski definition) is 6. The van der Waals surface area contributed by atoms with Gasteiger partial charge in [-0.1, -0.05) is 5.16 Å². The first-order valence-electron chi connectivity index (χ1n) is 5.04.